The Morgan fingerprint density at radius 1 is 1.57 bits per heavy atom. The summed E-state index contributed by atoms with van der Waals surface area (Å²) in [7, 11) is 1.60. The number of alkyl halides is 3. The number of rotatable bonds is 3. The molecule has 2 heterocycles. The monoisotopic (exact) mass is 343 g/mol. The Hall–Kier alpha value is -0.860. The molecule has 0 aliphatic carbocycles. The Balaban J connectivity index is 0.00000220. The van der Waals surface area contributed by atoms with Crippen molar-refractivity contribution in [2.45, 2.75) is 25.6 Å². The first-order valence-corrected chi connectivity index (χ1v) is 7.23. The number of aromatic nitrogens is 1. The minimum atomic E-state index is -4.43. The molecule has 1 aliphatic rings. The largest absolute Gasteiger partial charge is 0.434 e. The van der Waals surface area contributed by atoms with E-state index in [1.165, 1.54) is 4.90 Å². The van der Waals surface area contributed by atoms with Gasteiger partial charge in [-0.15, -0.1) is 23.7 Å². The second kappa shape index (κ2) is 7.42. The first-order chi connectivity index (χ1) is 9.38. The average Bonchev–Trinajstić information content (AvgIpc) is 2.87. The van der Waals surface area contributed by atoms with Crippen LogP contribution in [0.4, 0.5) is 13.2 Å². The minimum absolute atomic E-state index is 0. The van der Waals surface area contributed by atoms with E-state index in [1.54, 1.807) is 7.05 Å². The Kier molecular flexibility index (Phi) is 6.42. The molecule has 1 aromatic rings. The average molecular weight is 344 g/mol. The van der Waals surface area contributed by atoms with E-state index in [9.17, 15) is 18.0 Å². The van der Waals surface area contributed by atoms with Gasteiger partial charge in [-0.2, -0.15) is 13.2 Å². The maximum absolute atomic E-state index is 12.4. The third kappa shape index (κ3) is 4.82. The smallest absolute Gasteiger partial charge is 0.339 e. The lowest BCUT2D eigenvalue weighted by Crippen LogP contribution is -2.41. The lowest BCUT2D eigenvalue weighted by molar-refractivity contribution is -0.140. The number of carbonyl (C=O) groups excluding carboxylic acids is 1. The number of nitrogens with one attached hydrogen (secondary N) is 1. The van der Waals surface area contributed by atoms with Crippen LogP contribution in [-0.4, -0.2) is 35.9 Å². The minimum Gasteiger partial charge on any atom is -0.339 e. The van der Waals surface area contributed by atoms with Gasteiger partial charge in [0.15, 0.2) is 5.69 Å². The number of hydrogen-bond acceptors (Lipinski definition) is 4. The first kappa shape index (κ1) is 18.2. The van der Waals surface area contributed by atoms with E-state index < -0.39 is 11.9 Å². The lowest BCUT2D eigenvalue weighted by Gasteiger charge is -2.26. The van der Waals surface area contributed by atoms with E-state index >= 15 is 0 Å². The molecule has 1 saturated heterocycles. The Morgan fingerprint density at radius 3 is 2.81 bits per heavy atom. The molecule has 0 spiro atoms. The van der Waals surface area contributed by atoms with Gasteiger partial charge in [-0.3, -0.25) is 4.79 Å². The second-order valence-corrected chi connectivity index (χ2v) is 5.80. The number of thiazole rings is 1. The third-order valence-electron chi connectivity index (χ3n) is 3.24. The van der Waals surface area contributed by atoms with Crippen molar-refractivity contribution in [2.24, 2.45) is 5.92 Å². The third-order valence-corrected chi connectivity index (χ3v) is 4.07. The standard InChI is InChI=1S/C12H16F3N3OS.ClH/c1-18(11(19)8-3-2-4-16-5-8)6-10-17-9(7-20-10)12(13,14)15;/h7-8,16H,2-6H2,1H3;1H. The van der Waals surface area contributed by atoms with Crippen molar-refractivity contribution in [1.82, 2.24) is 15.2 Å². The maximum Gasteiger partial charge on any atom is 0.434 e. The molecule has 1 aliphatic heterocycles. The van der Waals surface area contributed by atoms with E-state index in [0.717, 1.165) is 36.1 Å². The highest BCUT2D eigenvalue weighted by Crippen LogP contribution is 2.30. The zero-order chi connectivity index (χ0) is 14.8. The molecule has 1 N–H and O–H groups in total. The van der Waals surface area contributed by atoms with Crippen LogP contribution >= 0.6 is 23.7 Å². The molecule has 0 saturated carbocycles. The second-order valence-electron chi connectivity index (χ2n) is 4.86. The highest BCUT2D eigenvalue weighted by Gasteiger charge is 2.34. The van der Waals surface area contributed by atoms with Crippen LogP contribution in [0.3, 0.4) is 0 Å². The van der Waals surface area contributed by atoms with Crippen LogP contribution in [0.2, 0.25) is 0 Å². The van der Waals surface area contributed by atoms with Crippen molar-refractivity contribution < 1.29 is 18.0 Å². The van der Waals surface area contributed by atoms with E-state index in [4.69, 9.17) is 0 Å². The number of halogens is 4. The van der Waals surface area contributed by atoms with E-state index in [1.807, 2.05) is 0 Å². The summed E-state index contributed by atoms with van der Waals surface area (Å²) in [6.07, 6.45) is -2.66. The molecular weight excluding hydrogens is 327 g/mol. The van der Waals surface area contributed by atoms with Crippen molar-refractivity contribution in [3.05, 3.63) is 16.1 Å². The summed E-state index contributed by atoms with van der Waals surface area (Å²) < 4.78 is 37.3. The quantitative estimate of drug-likeness (QED) is 0.917. The number of nitrogens with zero attached hydrogens (tertiary/aromatic N) is 2. The summed E-state index contributed by atoms with van der Waals surface area (Å²) in [5.74, 6) is -0.128. The molecule has 1 amide bonds. The summed E-state index contributed by atoms with van der Waals surface area (Å²) in [6, 6.07) is 0. The van der Waals surface area contributed by atoms with Gasteiger partial charge in [0, 0.05) is 19.0 Å². The SMILES string of the molecule is CN(Cc1nc(C(F)(F)F)cs1)C(=O)C1CCCNC1.Cl. The van der Waals surface area contributed by atoms with Gasteiger partial charge in [0.2, 0.25) is 5.91 Å². The number of carbonyl (C=O) groups is 1. The van der Waals surface area contributed by atoms with E-state index in [-0.39, 0.29) is 30.8 Å². The van der Waals surface area contributed by atoms with Crippen molar-refractivity contribution in [3.8, 4) is 0 Å². The number of amides is 1. The van der Waals surface area contributed by atoms with Crippen LogP contribution in [0.25, 0.3) is 0 Å². The maximum atomic E-state index is 12.4. The van der Waals surface area contributed by atoms with Gasteiger partial charge in [0.1, 0.15) is 5.01 Å². The van der Waals surface area contributed by atoms with Crippen LogP contribution in [0.15, 0.2) is 5.38 Å². The summed E-state index contributed by atoms with van der Waals surface area (Å²) in [4.78, 5) is 17.1. The van der Waals surface area contributed by atoms with Gasteiger partial charge in [0.05, 0.1) is 12.5 Å². The van der Waals surface area contributed by atoms with Crippen LogP contribution in [-0.2, 0) is 17.5 Å². The molecule has 1 fully saturated rings. The zero-order valence-corrected chi connectivity index (χ0v) is 13.1. The van der Waals surface area contributed by atoms with Gasteiger partial charge in [-0.1, -0.05) is 0 Å². The summed E-state index contributed by atoms with van der Waals surface area (Å²) >= 11 is 0.928. The van der Waals surface area contributed by atoms with E-state index in [0.29, 0.717) is 11.6 Å². The summed E-state index contributed by atoms with van der Waals surface area (Å²) in [5.41, 5.74) is -0.891. The fraction of sp³-hybridized carbons (Fsp3) is 0.667. The highest BCUT2D eigenvalue weighted by atomic mass is 35.5. The molecule has 120 valence electrons. The molecule has 21 heavy (non-hydrogen) atoms. The molecule has 9 heteroatoms. The van der Waals surface area contributed by atoms with Crippen molar-refractivity contribution in [3.63, 3.8) is 0 Å². The molecular formula is C12H17ClF3N3OS. The lowest BCUT2D eigenvalue weighted by atomic mass is 9.98. The summed E-state index contributed by atoms with van der Waals surface area (Å²) in [5, 5.41) is 4.43. The number of piperidine rings is 1. The fourth-order valence-corrected chi connectivity index (χ4v) is 3.02. The van der Waals surface area contributed by atoms with Crippen LogP contribution < -0.4 is 5.32 Å². The van der Waals surface area contributed by atoms with Crippen LogP contribution in [0.1, 0.15) is 23.5 Å². The molecule has 4 nitrogen and oxygen atoms in total. The fourth-order valence-electron chi connectivity index (χ4n) is 2.17. The Bertz CT molecular complexity index is 475. The topological polar surface area (TPSA) is 45.2 Å². The molecule has 0 radical (unpaired) electrons. The molecule has 1 unspecified atom stereocenters. The zero-order valence-electron chi connectivity index (χ0n) is 11.4. The number of hydrogen-bond donors (Lipinski definition) is 1. The van der Waals surface area contributed by atoms with Gasteiger partial charge < -0.3 is 10.2 Å². The van der Waals surface area contributed by atoms with Crippen molar-refractivity contribution in [1.29, 1.82) is 0 Å². The van der Waals surface area contributed by atoms with Gasteiger partial charge in [0.25, 0.3) is 0 Å². The predicted molar refractivity (Wildman–Crippen MR) is 76.4 cm³/mol. The van der Waals surface area contributed by atoms with E-state index in [2.05, 4.69) is 10.3 Å². The van der Waals surface area contributed by atoms with Gasteiger partial charge in [-0.05, 0) is 19.4 Å². The normalized spacial score (nSPS) is 19.0. The Labute approximate surface area is 131 Å². The molecule has 0 aromatic carbocycles. The highest BCUT2D eigenvalue weighted by molar-refractivity contribution is 7.09. The van der Waals surface area contributed by atoms with Crippen molar-refractivity contribution >= 4 is 29.7 Å². The summed E-state index contributed by atoms with van der Waals surface area (Å²) in [6.45, 7) is 1.67. The van der Waals surface area contributed by atoms with Crippen LogP contribution in [0.5, 0.6) is 0 Å². The van der Waals surface area contributed by atoms with Gasteiger partial charge >= 0.3 is 6.18 Å². The predicted octanol–water partition coefficient (Wildman–Crippen LogP) is 2.54. The first-order valence-electron chi connectivity index (χ1n) is 6.35. The van der Waals surface area contributed by atoms with Gasteiger partial charge in [-0.25, -0.2) is 4.98 Å². The molecule has 1 atom stereocenters. The Morgan fingerprint density at radius 2 is 2.29 bits per heavy atom. The van der Waals surface area contributed by atoms with Crippen LogP contribution in [0, 0.1) is 5.92 Å². The molecule has 0 bridgehead atoms. The molecule has 1 aromatic heterocycles. The molecule has 2 rings (SSSR count). The van der Waals surface area contributed by atoms with Crippen molar-refractivity contribution in [2.75, 3.05) is 20.1 Å².